The summed E-state index contributed by atoms with van der Waals surface area (Å²) in [4.78, 5) is 2.76. The van der Waals surface area contributed by atoms with Gasteiger partial charge in [0.2, 0.25) is 1.43 Å². The van der Waals surface area contributed by atoms with Crippen LogP contribution in [0.1, 0.15) is 19.8 Å². The normalized spacial score (nSPS) is 37.6. The van der Waals surface area contributed by atoms with E-state index in [0.717, 1.165) is 12.8 Å². The van der Waals surface area contributed by atoms with Crippen molar-refractivity contribution in [3.63, 3.8) is 0 Å². The molecule has 0 aliphatic carbocycles. The summed E-state index contributed by atoms with van der Waals surface area (Å²) in [6.45, 7) is 2.34. The number of aliphatic hydroxyl groups is 1. The van der Waals surface area contributed by atoms with Crippen LogP contribution in [0.25, 0.3) is 10.4 Å². The fourth-order valence-electron chi connectivity index (χ4n) is 1.77. The van der Waals surface area contributed by atoms with Gasteiger partial charge in [0, 0.05) is 17.5 Å². The third kappa shape index (κ3) is 2.41. The van der Waals surface area contributed by atoms with E-state index < -0.39 is 6.00 Å². The van der Waals surface area contributed by atoms with Crippen LogP contribution in [0.3, 0.4) is 0 Å². The van der Waals surface area contributed by atoms with Crippen molar-refractivity contribution in [1.82, 2.24) is 0 Å². The molecule has 1 rings (SSSR count). The molecule has 5 nitrogen and oxygen atoms in total. The molecule has 0 bridgehead atoms. The summed E-state index contributed by atoms with van der Waals surface area (Å²) >= 11 is 0. The predicted molar refractivity (Wildman–Crippen MR) is 52.8 cm³/mol. The third-order valence-corrected chi connectivity index (χ3v) is 2.61. The van der Waals surface area contributed by atoms with Crippen LogP contribution in [0, 0.1) is 5.92 Å². The Hall–Kier alpha value is -0.705. The van der Waals surface area contributed by atoms with E-state index >= 15 is 0 Å². The molecule has 14 heavy (non-hydrogen) atoms. The summed E-state index contributed by atoms with van der Waals surface area (Å²) in [6.07, 6.45) is 1.50. The van der Waals surface area contributed by atoms with Crippen LogP contribution in [0.15, 0.2) is 5.11 Å². The minimum Gasteiger partial charge on any atom is -0.396 e. The van der Waals surface area contributed by atoms with Crippen LogP contribution in [0.2, 0.25) is 0 Å². The molecule has 0 aromatic carbocycles. The Morgan fingerprint density at radius 3 is 3.21 bits per heavy atom. The Kier molecular flexibility index (Phi) is 3.68. The average Bonchev–Trinajstić information content (AvgIpc) is 2.47. The Morgan fingerprint density at radius 1 is 1.79 bits per heavy atom. The average molecular weight is 197 g/mol. The van der Waals surface area contributed by atoms with E-state index in [9.17, 15) is 0 Å². The summed E-state index contributed by atoms with van der Waals surface area (Å²) in [7, 11) is 5.69. The quantitative estimate of drug-likeness (QED) is 0.234. The largest absolute Gasteiger partial charge is 0.396 e. The Morgan fingerprint density at radius 2 is 2.57 bits per heavy atom. The van der Waals surface area contributed by atoms with Gasteiger partial charge >= 0.3 is 0 Å². The van der Waals surface area contributed by atoms with Gasteiger partial charge in [-0.15, -0.1) is 0 Å². The lowest BCUT2D eigenvalue weighted by molar-refractivity contribution is 0.0619. The van der Waals surface area contributed by atoms with E-state index in [1.165, 1.54) is 0 Å². The molecule has 0 amide bonds. The molecule has 1 heterocycles. The van der Waals surface area contributed by atoms with Gasteiger partial charge in [0.25, 0.3) is 0 Å². The van der Waals surface area contributed by atoms with Gasteiger partial charge in [-0.2, -0.15) is 0 Å². The lowest BCUT2D eigenvalue weighted by atomic mass is 9.86. The van der Waals surface area contributed by atoms with Gasteiger partial charge < -0.3 is 9.85 Å². The highest BCUT2D eigenvalue weighted by Gasteiger charge is 2.37. The third-order valence-electron chi connectivity index (χ3n) is 2.61. The first-order chi connectivity index (χ1) is 7.20. The lowest BCUT2D eigenvalue weighted by Crippen LogP contribution is -2.23. The molecule has 0 aromatic heterocycles. The van der Waals surface area contributed by atoms with Gasteiger partial charge in [-0.25, -0.2) is 0 Å². The van der Waals surface area contributed by atoms with E-state index in [2.05, 4.69) is 15.1 Å². The molecule has 1 aliphatic heterocycles. The van der Waals surface area contributed by atoms with Gasteiger partial charge in [0.05, 0.1) is 12.1 Å². The van der Waals surface area contributed by atoms with Crippen LogP contribution in [0.5, 0.6) is 0 Å². The summed E-state index contributed by atoms with van der Waals surface area (Å²) in [5.74, 6) is 0.113. The maximum Gasteiger partial charge on any atom is 0.210 e. The molecule has 0 spiro atoms. The van der Waals surface area contributed by atoms with Crippen molar-refractivity contribution in [1.29, 1.82) is 1.43 Å². The van der Waals surface area contributed by atoms with Crippen molar-refractivity contribution in [2.24, 2.45) is 11.0 Å². The van der Waals surface area contributed by atoms with E-state index in [0.29, 0.717) is 6.61 Å². The molecular weight excluding hydrogens is 181 g/mol. The summed E-state index contributed by atoms with van der Waals surface area (Å²) < 4.78 is 12.0. The van der Waals surface area contributed by atoms with Gasteiger partial charge in [-0.1, -0.05) is 12.0 Å². The molecule has 4 atom stereocenters. The molecule has 1 saturated heterocycles. The van der Waals surface area contributed by atoms with Gasteiger partial charge in [0.1, 0.15) is 7.85 Å². The van der Waals surface area contributed by atoms with Gasteiger partial charge in [0.15, 0.2) is 0 Å². The highest BCUT2D eigenvalue weighted by atomic mass is 16.5. The fraction of sp³-hybridized carbons (Fsp3) is 1.00. The molecule has 2 radical (unpaired) electrons. The van der Waals surface area contributed by atoms with Crippen LogP contribution < -0.4 is 0 Å². The number of hydrogen-bond acceptors (Lipinski definition) is 3. The van der Waals surface area contributed by atoms with Crippen molar-refractivity contribution in [3.8, 4) is 0 Å². The van der Waals surface area contributed by atoms with Crippen LogP contribution >= 0.6 is 0 Å². The first kappa shape index (κ1) is 9.83. The van der Waals surface area contributed by atoms with Crippen LogP contribution in [0.4, 0.5) is 0 Å². The Labute approximate surface area is 86.0 Å². The van der Waals surface area contributed by atoms with Crippen molar-refractivity contribution >= 4 is 7.85 Å². The summed E-state index contributed by atoms with van der Waals surface area (Å²) in [5, 5.41) is 7.85. The van der Waals surface area contributed by atoms with E-state index in [1.54, 1.807) is 0 Å². The maximum absolute atomic E-state index is 8.37. The summed E-state index contributed by atoms with van der Waals surface area (Å²) in [6, 6.07) is -0.810. The Bertz CT molecular complexity index is 250. The van der Waals surface area contributed by atoms with Crippen molar-refractivity contribution in [2.45, 2.75) is 37.9 Å². The van der Waals surface area contributed by atoms with Gasteiger partial charge in [-0.3, -0.25) is 0 Å². The number of azide groups is 1. The number of rotatable bonds is 5. The first-order valence-corrected chi connectivity index (χ1v) is 4.74. The monoisotopic (exact) mass is 197 g/mol. The predicted octanol–water partition coefficient (Wildman–Crippen LogP) is 0.967. The van der Waals surface area contributed by atoms with Crippen molar-refractivity contribution < 1.29 is 9.85 Å². The molecule has 1 unspecified atom stereocenters. The SMILES string of the molecule is [3H]OCCC[C@H]1O[C@@H]([B])C(N=[N+]=[N-])[C@H]1C. The number of ether oxygens (including phenoxy) is 1. The Balaban J connectivity index is 2.45. The maximum atomic E-state index is 8.37. The zero-order chi connectivity index (χ0) is 11.3. The highest BCUT2D eigenvalue weighted by Crippen LogP contribution is 2.30. The minimum atomic E-state index is -0.516. The fourth-order valence-corrected chi connectivity index (χ4v) is 1.77. The standard InChI is InChI=1S/C8H14BN3O2/c1-5-6(3-2-4-13)14-8(9)7(5)11-12-10/h5-8,13H,2-4H2,1H3/t5-,6+,7?,8+/m0/s1/i13T. The molecule has 1 aliphatic rings. The molecular formula is C8H14BN3O2. The topological polar surface area (TPSA) is 78.2 Å². The van der Waals surface area contributed by atoms with E-state index in [4.69, 9.17) is 19.5 Å². The number of nitrogens with zero attached hydrogens (tertiary/aromatic N) is 3. The number of hydrogen-bond donors (Lipinski definition) is 1. The van der Waals surface area contributed by atoms with E-state index in [1.807, 2.05) is 6.92 Å². The van der Waals surface area contributed by atoms with Crippen LogP contribution in [-0.4, -0.2) is 39.1 Å². The highest BCUT2D eigenvalue weighted by molar-refractivity contribution is 6.11. The van der Waals surface area contributed by atoms with Gasteiger partial charge in [-0.05, 0) is 24.3 Å². The molecule has 76 valence electrons. The smallest absolute Gasteiger partial charge is 0.210 e. The molecule has 0 aromatic rings. The first-order valence-electron chi connectivity index (χ1n) is 5.15. The zero-order valence-corrected chi connectivity index (χ0v) is 8.17. The molecule has 1 fully saturated rings. The van der Waals surface area contributed by atoms with Crippen molar-refractivity contribution in [3.05, 3.63) is 10.4 Å². The zero-order valence-electron chi connectivity index (χ0n) is 9.17. The second-order valence-electron chi connectivity index (χ2n) is 3.54. The summed E-state index contributed by atoms with van der Waals surface area (Å²) in [5.41, 5.74) is 8.37. The molecule has 0 saturated carbocycles. The second kappa shape index (κ2) is 5.24. The molecule has 1 N–H and O–H groups in total. The second-order valence-corrected chi connectivity index (χ2v) is 3.54. The van der Waals surface area contributed by atoms with E-state index in [-0.39, 0.29) is 18.1 Å². The minimum absolute atomic E-state index is 0.00866. The molecule has 6 heteroatoms. The van der Waals surface area contributed by atoms with Crippen molar-refractivity contribution in [2.75, 3.05) is 6.61 Å². The van der Waals surface area contributed by atoms with Crippen LogP contribution in [-0.2, 0) is 4.74 Å². The lowest BCUT2D eigenvalue weighted by Gasteiger charge is -2.14. The number of aliphatic hydroxyl groups excluding tert-OH is 1.